The summed E-state index contributed by atoms with van der Waals surface area (Å²) in [6.07, 6.45) is 2.75. The smallest absolute Gasteiger partial charge is 0.289 e. The second-order valence-corrected chi connectivity index (χ2v) is 16.8. The number of hydrogen-bond donors (Lipinski definition) is 1. The van der Waals surface area contributed by atoms with Gasteiger partial charge in [0, 0.05) is 31.8 Å². The Kier molecular flexibility index (Phi) is 11.4. The summed E-state index contributed by atoms with van der Waals surface area (Å²) in [6, 6.07) is 4.91. The van der Waals surface area contributed by atoms with Crippen molar-refractivity contribution in [1.82, 2.24) is 4.31 Å². The van der Waals surface area contributed by atoms with Crippen molar-refractivity contribution in [2.75, 3.05) is 19.7 Å². The van der Waals surface area contributed by atoms with Crippen LogP contribution in [-0.2, 0) is 14.4 Å². The predicted molar refractivity (Wildman–Crippen MR) is 136 cm³/mol. The summed E-state index contributed by atoms with van der Waals surface area (Å²) in [4.78, 5) is 10.3. The molecule has 188 valence electrons. The van der Waals surface area contributed by atoms with E-state index in [1.165, 1.54) is 30.3 Å². The first-order valence-corrected chi connectivity index (χ1v) is 15.1. The van der Waals surface area contributed by atoms with Crippen LogP contribution in [0.5, 0.6) is 0 Å². The topological polar surface area (TPSA) is 116 Å². The third kappa shape index (κ3) is 7.19. The molecule has 0 saturated carbocycles. The van der Waals surface area contributed by atoms with Crippen molar-refractivity contribution in [3.05, 3.63) is 47.0 Å². The van der Waals surface area contributed by atoms with Crippen LogP contribution in [0.15, 0.2) is 41.8 Å². The van der Waals surface area contributed by atoms with Gasteiger partial charge in [-0.3, -0.25) is 10.1 Å². The summed E-state index contributed by atoms with van der Waals surface area (Å²) in [6.45, 7) is 17.7. The summed E-state index contributed by atoms with van der Waals surface area (Å²) in [5, 5.41) is 11.3. The van der Waals surface area contributed by atoms with Crippen LogP contribution in [0.4, 0.5) is 5.69 Å². The molecule has 0 radical (unpaired) electrons. The van der Waals surface area contributed by atoms with Crippen LogP contribution in [-0.4, -0.2) is 51.7 Å². The highest BCUT2D eigenvalue weighted by molar-refractivity contribution is 7.89. The molecule has 0 fully saturated rings. The quantitative estimate of drug-likeness (QED) is 0.118. The molecule has 0 aliphatic heterocycles. The average molecular weight is 500 g/mol. The number of nitro groups is 1. The molecule has 0 aliphatic carbocycles. The van der Waals surface area contributed by atoms with E-state index in [1.54, 1.807) is 0 Å². The van der Waals surface area contributed by atoms with E-state index in [0.29, 0.717) is 29.7 Å². The number of hydrogen-bond acceptors (Lipinski definition) is 6. The minimum atomic E-state index is -4.11. The second kappa shape index (κ2) is 12.8. The minimum absolute atomic E-state index is 0.0165. The van der Waals surface area contributed by atoms with Crippen molar-refractivity contribution in [3.8, 4) is 0 Å². The molecule has 10 heteroatoms. The predicted octanol–water partition coefficient (Wildman–Crippen LogP) is 5.07. The molecule has 1 atom stereocenters. The summed E-state index contributed by atoms with van der Waals surface area (Å²) in [5.41, 5.74) is 7.30. The Balaban J connectivity index is 2.88. The summed E-state index contributed by atoms with van der Waals surface area (Å²) >= 11 is 0. The molecule has 0 spiro atoms. The van der Waals surface area contributed by atoms with Crippen molar-refractivity contribution in [1.29, 1.82) is 0 Å². The van der Waals surface area contributed by atoms with Gasteiger partial charge < -0.3 is 10.2 Å². The lowest BCUT2D eigenvalue weighted by Gasteiger charge is -2.42. The maximum Gasteiger partial charge on any atom is 0.289 e. The fourth-order valence-corrected chi connectivity index (χ4v) is 12.0. The summed E-state index contributed by atoms with van der Waals surface area (Å²) in [7, 11) is -6.07. The van der Waals surface area contributed by atoms with E-state index in [2.05, 4.69) is 48.1 Å². The Labute approximate surface area is 200 Å². The molecule has 0 aromatic heterocycles. The van der Waals surface area contributed by atoms with Gasteiger partial charge in [0.25, 0.3) is 5.69 Å². The molecule has 0 amide bonds. The van der Waals surface area contributed by atoms with E-state index in [9.17, 15) is 18.5 Å². The number of benzene rings is 1. The first-order valence-electron chi connectivity index (χ1n) is 11.6. The fourth-order valence-electron chi connectivity index (χ4n) is 4.83. The fraction of sp³-hybridized carbons (Fsp3) is 0.652. The standard InChI is InChI=1S/C23H41N3O5SSi/c1-8-15-25(32(29,30)23-14-10-9-13-22(23)26(27)28)17-21(24)12-11-16-31-33(18(2)3,19(4)5)20(6)7/h8-10,13-14,18-21H,1,11-12,15-17,24H2,2-7H3/t21-/m1/s1. The Morgan fingerprint density at radius 2 is 1.70 bits per heavy atom. The van der Waals surface area contributed by atoms with E-state index < -0.39 is 35.0 Å². The highest BCUT2D eigenvalue weighted by Crippen LogP contribution is 2.42. The molecule has 2 N–H and O–H groups in total. The lowest BCUT2D eigenvalue weighted by Crippen LogP contribution is -2.48. The summed E-state index contributed by atoms with van der Waals surface area (Å²) < 4.78 is 34.0. The van der Waals surface area contributed by atoms with Crippen molar-refractivity contribution in [2.45, 2.75) is 81.9 Å². The zero-order valence-electron chi connectivity index (χ0n) is 20.9. The van der Waals surface area contributed by atoms with Crippen LogP contribution < -0.4 is 5.73 Å². The monoisotopic (exact) mass is 499 g/mol. The molecule has 8 nitrogen and oxygen atoms in total. The Morgan fingerprint density at radius 3 is 2.18 bits per heavy atom. The van der Waals surface area contributed by atoms with E-state index >= 15 is 0 Å². The maximum absolute atomic E-state index is 13.2. The Hall–Kier alpha value is -1.59. The van der Waals surface area contributed by atoms with E-state index in [-0.39, 0.29) is 18.0 Å². The van der Waals surface area contributed by atoms with Gasteiger partial charge in [-0.05, 0) is 35.5 Å². The third-order valence-electron chi connectivity index (χ3n) is 6.23. The van der Waals surface area contributed by atoms with Gasteiger partial charge in [0.2, 0.25) is 10.0 Å². The van der Waals surface area contributed by atoms with Crippen LogP contribution in [0.3, 0.4) is 0 Å². The zero-order chi connectivity index (χ0) is 25.4. The minimum Gasteiger partial charge on any atom is -0.416 e. The van der Waals surface area contributed by atoms with Gasteiger partial charge in [-0.15, -0.1) is 6.58 Å². The molecule has 1 aromatic rings. The molecule has 1 aromatic carbocycles. The van der Waals surface area contributed by atoms with Gasteiger partial charge in [-0.2, -0.15) is 4.31 Å². The molecule has 0 heterocycles. The van der Waals surface area contributed by atoms with Crippen LogP contribution in [0, 0.1) is 10.1 Å². The maximum atomic E-state index is 13.2. The van der Waals surface area contributed by atoms with E-state index in [0.717, 1.165) is 10.7 Å². The first kappa shape index (κ1) is 29.4. The van der Waals surface area contributed by atoms with Crippen molar-refractivity contribution >= 4 is 24.0 Å². The van der Waals surface area contributed by atoms with Gasteiger partial charge in [0.15, 0.2) is 13.2 Å². The number of rotatable bonds is 15. The van der Waals surface area contributed by atoms with Gasteiger partial charge in [-0.25, -0.2) is 8.42 Å². The first-order chi connectivity index (χ1) is 15.3. The van der Waals surface area contributed by atoms with Gasteiger partial charge in [-0.1, -0.05) is 59.8 Å². The molecule has 0 unspecified atom stereocenters. The van der Waals surface area contributed by atoms with Crippen molar-refractivity contribution in [3.63, 3.8) is 0 Å². The van der Waals surface area contributed by atoms with Crippen LogP contribution in [0.2, 0.25) is 16.6 Å². The molecular formula is C23H41N3O5SSi. The number of nitrogens with zero attached hydrogens (tertiary/aromatic N) is 2. The van der Waals surface area contributed by atoms with Crippen molar-refractivity contribution < 1.29 is 17.8 Å². The SMILES string of the molecule is C=CCN(C[C@H](N)CCCO[Si](C(C)C)(C(C)C)C(C)C)S(=O)(=O)c1ccccc1[N+](=O)[O-]. The number of para-hydroxylation sites is 1. The van der Waals surface area contributed by atoms with Crippen molar-refractivity contribution in [2.24, 2.45) is 5.73 Å². The molecule has 0 bridgehead atoms. The molecular weight excluding hydrogens is 458 g/mol. The highest BCUT2D eigenvalue weighted by Gasteiger charge is 2.44. The zero-order valence-corrected chi connectivity index (χ0v) is 22.7. The van der Waals surface area contributed by atoms with E-state index in [4.69, 9.17) is 10.2 Å². The second-order valence-electron chi connectivity index (χ2n) is 9.40. The Bertz CT molecular complexity index is 868. The molecule has 1 rings (SSSR count). The molecule has 0 saturated heterocycles. The molecule has 0 aliphatic rings. The average Bonchev–Trinajstić information content (AvgIpc) is 2.72. The van der Waals surface area contributed by atoms with Crippen LogP contribution in [0.1, 0.15) is 54.4 Å². The number of nitrogens with two attached hydrogens (primary N) is 1. The summed E-state index contributed by atoms with van der Waals surface area (Å²) in [5.74, 6) is 0. The van der Waals surface area contributed by atoms with Gasteiger partial charge in [0.05, 0.1) is 4.92 Å². The van der Waals surface area contributed by atoms with Crippen LogP contribution >= 0.6 is 0 Å². The largest absolute Gasteiger partial charge is 0.416 e. The number of sulfonamides is 1. The molecule has 33 heavy (non-hydrogen) atoms. The third-order valence-corrected chi connectivity index (χ3v) is 14.2. The lowest BCUT2D eigenvalue weighted by atomic mass is 10.2. The van der Waals surface area contributed by atoms with Gasteiger partial charge in [0.1, 0.15) is 0 Å². The lowest BCUT2D eigenvalue weighted by molar-refractivity contribution is -0.387. The number of nitro benzene ring substituents is 1. The Morgan fingerprint density at radius 1 is 1.15 bits per heavy atom. The van der Waals surface area contributed by atoms with E-state index in [1.807, 2.05) is 0 Å². The van der Waals surface area contributed by atoms with Gasteiger partial charge >= 0.3 is 0 Å². The van der Waals surface area contributed by atoms with Crippen LogP contribution in [0.25, 0.3) is 0 Å². The normalized spacial score (nSPS) is 13.8. The highest BCUT2D eigenvalue weighted by atomic mass is 32.2.